The van der Waals surface area contributed by atoms with Crippen molar-refractivity contribution in [2.24, 2.45) is 5.73 Å². The Kier molecular flexibility index (Phi) is 4.12. The highest BCUT2D eigenvalue weighted by Crippen LogP contribution is 2.23. The molecule has 1 aromatic heterocycles. The van der Waals surface area contributed by atoms with Gasteiger partial charge in [-0.25, -0.2) is 9.37 Å². The summed E-state index contributed by atoms with van der Waals surface area (Å²) in [4.78, 5) is 6.50. The lowest BCUT2D eigenvalue weighted by Gasteiger charge is -2.20. The smallest absolute Gasteiger partial charge is 0.133 e. The summed E-state index contributed by atoms with van der Waals surface area (Å²) >= 11 is 0. The van der Waals surface area contributed by atoms with Crippen LogP contribution in [0.4, 0.5) is 15.9 Å². The van der Waals surface area contributed by atoms with Crippen molar-refractivity contribution in [3.05, 3.63) is 53.5 Å². The molecule has 0 aliphatic carbocycles. The SMILES string of the molecule is CCc1cc(CN)cc(N(C)c2ccc(F)cc2)n1. The number of benzene rings is 1. The van der Waals surface area contributed by atoms with Gasteiger partial charge in [-0.15, -0.1) is 0 Å². The van der Waals surface area contributed by atoms with Crippen LogP contribution in [0.25, 0.3) is 0 Å². The van der Waals surface area contributed by atoms with Crippen LogP contribution in [-0.2, 0) is 13.0 Å². The van der Waals surface area contributed by atoms with E-state index in [1.807, 2.05) is 24.1 Å². The minimum atomic E-state index is -0.241. The molecule has 3 nitrogen and oxygen atoms in total. The van der Waals surface area contributed by atoms with E-state index in [1.54, 1.807) is 12.1 Å². The van der Waals surface area contributed by atoms with Gasteiger partial charge in [-0.3, -0.25) is 0 Å². The first kappa shape index (κ1) is 13.5. The van der Waals surface area contributed by atoms with E-state index in [0.29, 0.717) is 6.54 Å². The van der Waals surface area contributed by atoms with Crippen molar-refractivity contribution < 1.29 is 4.39 Å². The van der Waals surface area contributed by atoms with Crippen LogP contribution in [0.5, 0.6) is 0 Å². The maximum atomic E-state index is 12.9. The van der Waals surface area contributed by atoms with Crippen molar-refractivity contribution in [2.45, 2.75) is 19.9 Å². The summed E-state index contributed by atoms with van der Waals surface area (Å²) in [5.74, 6) is 0.585. The van der Waals surface area contributed by atoms with Crippen LogP contribution < -0.4 is 10.6 Å². The number of anilines is 2. The second-order valence-electron chi connectivity index (χ2n) is 4.42. The molecule has 100 valence electrons. The zero-order chi connectivity index (χ0) is 13.8. The van der Waals surface area contributed by atoms with Gasteiger partial charge in [0.05, 0.1) is 0 Å². The first-order valence-electron chi connectivity index (χ1n) is 6.33. The Labute approximate surface area is 112 Å². The maximum absolute atomic E-state index is 12.9. The highest BCUT2D eigenvalue weighted by Gasteiger charge is 2.08. The number of hydrogen-bond acceptors (Lipinski definition) is 3. The van der Waals surface area contributed by atoms with Crippen LogP contribution in [0.3, 0.4) is 0 Å². The molecule has 0 aliphatic heterocycles. The molecule has 2 rings (SSSR count). The molecule has 1 heterocycles. The van der Waals surface area contributed by atoms with Gasteiger partial charge in [-0.2, -0.15) is 0 Å². The molecule has 0 saturated carbocycles. The molecule has 0 atom stereocenters. The minimum absolute atomic E-state index is 0.241. The average Bonchev–Trinajstić information content (AvgIpc) is 2.46. The van der Waals surface area contributed by atoms with Crippen LogP contribution in [0.1, 0.15) is 18.2 Å². The topological polar surface area (TPSA) is 42.1 Å². The van der Waals surface area contributed by atoms with Crippen LogP contribution in [0.15, 0.2) is 36.4 Å². The van der Waals surface area contributed by atoms with Crippen molar-refractivity contribution in [1.29, 1.82) is 0 Å². The predicted molar refractivity (Wildman–Crippen MR) is 76.0 cm³/mol. The summed E-state index contributed by atoms with van der Waals surface area (Å²) < 4.78 is 12.9. The third-order valence-corrected chi connectivity index (χ3v) is 3.08. The summed E-state index contributed by atoms with van der Waals surface area (Å²) in [6.07, 6.45) is 0.859. The Hall–Kier alpha value is -1.94. The van der Waals surface area contributed by atoms with Crippen molar-refractivity contribution in [2.75, 3.05) is 11.9 Å². The van der Waals surface area contributed by atoms with E-state index in [0.717, 1.165) is 29.2 Å². The molecule has 0 aliphatic rings. The lowest BCUT2D eigenvalue weighted by Crippen LogP contribution is -2.13. The number of nitrogens with two attached hydrogens (primary N) is 1. The number of aryl methyl sites for hydroxylation is 1. The van der Waals surface area contributed by atoms with Gasteiger partial charge >= 0.3 is 0 Å². The van der Waals surface area contributed by atoms with Gasteiger partial charge in [-0.1, -0.05) is 6.92 Å². The van der Waals surface area contributed by atoms with Gasteiger partial charge in [0.1, 0.15) is 11.6 Å². The second kappa shape index (κ2) is 5.80. The Morgan fingerprint density at radius 1 is 1.21 bits per heavy atom. The highest BCUT2D eigenvalue weighted by atomic mass is 19.1. The molecule has 4 heteroatoms. The lowest BCUT2D eigenvalue weighted by molar-refractivity contribution is 0.628. The minimum Gasteiger partial charge on any atom is -0.329 e. The fourth-order valence-corrected chi connectivity index (χ4v) is 1.90. The number of aromatic nitrogens is 1. The molecule has 2 N–H and O–H groups in total. The highest BCUT2D eigenvalue weighted by molar-refractivity contribution is 5.59. The van der Waals surface area contributed by atoms with Crippen LogP contribution >= 0.6 is 0 Å². The number of nitrogens with zero attached hydrogens (tertiary/aromatic N) is 2. The third-order valence-electron chi connectivity index (χ3n) is 3.08. The fourth-order valence-electron chi connectivity index (χ4n) is 1.90. The van der Waals surface area contributed by atoms with E-state index in [4.69, 9.17) is 5.73 Å². The van der Waals surface area contributed by atoms with Crippen LogP contribution in [0, 0.1) is 5.82 Å². The zero-order valence-corrected chi connectivity index (χ0v) is 11.2. The van der Waals surface area contributed by atoms with Crippen molar-refractivity contribution >= 4 is 11.5 Å². The van der Waals surface area contributed by atoms with E-state index < -0.39 is 0 Å². The van der Waals surface area contributed by atoms with Gasteiger partial charge in [0.2, 0.25) is 0 Å². The van der Waals surface area contributed by atoms with E-state index >= 15 is 0 Å². The van der Waals surface area contributed by atoms with Crippen molar-refractivity contribution in [3.63, 3.8) is 0 Å². The standard InChI is InChI=1S/C15H18FN3/c1-3-13-8-11(10-17)9-15(18-13)19(2)14-6-4-12(16)5-7-14/h4-9H,3,10,17H2,1-2H3. The summed E-state index contributed by atoms with van der Waals surface area (Å²) in [6.45, 7) is 2.55. The molecule has 0 radical (unpaired) electrons. The fraction of sp³-hybridized carbons (Fsp3) is 0.267. The number of halogens is 1. The Balaban J connectivity index is 2.37. The normalized spacial score (nSPS) is 10.5. The summed E-state index contributed by atoms with van der Waals surface area (Å²) in [5, 5.41) is 0. The van der Waals surface area contributed by atoms with E-state index in [9.17, 15) is 4.39 Å². The van der Waals surface area contributed by atoms with Crippen LogP contribution in [0.2, 0.25) is 0 Å². The zero-order valence-electron chi connectivity index (χ0n) is 11.2. The third kappa shape index (κ3) is 3.09. The first-order chi connectivity index (χ1) is 9.13. The van der Waals surface area contributed by atoms with Gasteiger partial charge in [0.15, 0.2) is 0 Å². The molecule has 0 fully saturated rings. The van der Waals surface area contributed by atoms with Gasteiger partial charge in [0, 0.05) is 25.0 Å². The van der Waals surface area contributed by atoms with Crippen molar-refractivity contribution in [1.82, 2.24) is 4.98 Å². The molecule has 0 unspecified atom stereocenters. The first-order valence-corrected chi connectivity index (χ1v) is 6.33. The van der Waals surface area contributed by atoms with E-state index in [-0.39, 0.29) is 5.82 Å². The largest absolute Gasteiger partial charge is 0.329 e. The van der Waals surface area contributed by atoms with E-state index in [2.05, 4.69) is 11.9 Å². The summed E-state index contributed by atoms with van der Waals surface area (Å²) in [5.41, 5.74) is 8.66. The molecule has 1 aromatic carbocycles. The monoisotopic (exact) mass is 259 g/mol. The Morgan fingerprint density at radius 2 is 1.89 bits per heavy atom. The summed E-state index contributed by atoms with van der Waals surface area (Å²) in [7, 11) is 1.91. The van der Waals surface area contributed by atoms with Gasteiger partial charge < -0.3 is 10.6 Å². The summed E-state index contributed by atoms with van der Waals surface area (Å²) in [6, 6.07) is 10.3. The van der Waals surface area contributed by atoms with Crippen LogP contribution in [-0.4, -0.2) is 12.0 Å². The van der Waals surface area contributed by atoms with Crippen molar-refractivity contribution in [3.8, 4) is 0 Å². The molecule has 19 heavy (non-hydrogen) atoms. The molecular weight excluding hydrogens is 241 g/mol. The predicted octanol–water partition coefficient (Wildman–Crippen LogP) is 3.01. The quantitative estimate of drug-likeness (QED) is 0.917. The van der Waals surface area contributed by atoms with Gasteiger partial charge in [-0.05, 0) is 48.4 Å². The molecular formula is C15H18FN3. The second-order valence-corrected chi connectivity index (χ2v) is 4.42. The number of rotatable bonds is 4. The number of pyridine rings is 1. The molecule has 0 saturated heterocycles. The molecule has 2 aromatic rings. The average molecular weight is 259 g/mol. The molecule has 0 spiro atoms. The lowest BCUT2D eigenvalue weighted by atomic mass is 10.2. The van der Waals surface area contributed by atoms with Gasteiger partial charge in [0.25, 0.3) is 0 Å². The Morgan fingerprint density at radius 3 is 2.47 bits per heavy atom. The van der Waals surface area contributed by atoms with E-state index in [1.165, 1.54) is 12.1 Å². The maximum Gasteiger partial charge on any atom is 0.133 e. The number of hydrogen-bond donors (Lipinski definition) is 1. The molecule has 0 bridgehead atoms. The molecule has 0 amide bonds. The Bertz CT molecular complexity index is 530.